The molecule has 0 aromatic rings. The molecule has 1 atom stereocenters. The van der Waals surface area contributed by atoms with E-state index in [2.05, 4.69) is 17.8 Å². The van der Waals surface area contributed by atoms with Crippen LogP contribution in [0.4, 0.5) is 0 Å². The Morgan fingerprint density at radius 2 is 2.00 bits per heavy atom. The second-order valence-electron chi connectivity index (χ2n) is 4.86. The predicted molar refractivity (Wildman–Crippen MR) is 67.2 cm³/mol. The van der Waals surface area contributed by atoms with Gasteiger partial charge >= 0.3 is 0 Å². The van der Waals surface area contributed by atoms with Crippen molar-refractivity contribution in [1.29, 1.82) is 0 Å². The van der Waals surface area contributed by atoms with Crippen molar-refractivity contribution in [3.8, 4) is 0 Å². The third kappa shape index (κ3) is 3.25. The number of hydrogen-bond donors (Lipinski definition) is 1. The predicted octanol–water partition coefficient (Wildman–Crippen LogP) is 3.24. The highest BCUT2D eigenvalue weighted by molar-refractivity contribution is 7.99. The first-order chi connectivity index (χ1) is 7.40. The van der Waals surface area contributed by atoms with Crippen molar-refractivity contribution in [3.05, 3.63) is 11.6 Å². The van der Waals surface area contributed by atoms with E-state index in [-0.39, 0.29) is 0 Å². The van der Waals surface area contributed by atoms with Gasteiger partial charge in [-0.05, 0) is 48.2 Å². The van der Waals surface area contributed by atoms with Gasteiger partial charge in [-0.15, -0.1) is 0 Å². The Morgan fingerprint density at radius 1 is 1.20 bits per heavy atom. The maximum Gasteiger partial charge on any atom is 0.0644 e. The summed E-state index contributed by atoms with van der Waals surface area (Å²) in [6.45, 7) is 0.297. The molecule has 0 radical (unpaired) electrons. The summed E-state index contributed by atoms with van der Waals surface area (Å²) in [6.07, 6.45) is 10.5. The second-order valence-corrected chi connectivity index (χ2v) is 6.01. The largest absolute Gasteiger partial charge is 0.392 e. The van der Waals surface area contributed by atoms with Gasteiger partial charge in [-0.2, -0.15) is 11.8 Å². The molecule has 0 aromatic heterocycles. The average molecular weight is 226 g/mol. The molecule has 1 aliphatic carbocycles. The molecule has 0 bridgehead atoms. The lowest BCUT2D eigenvalue weighted by molar-refractivity contribution is 0.291. The van der Waals surface area contributed by atoms with E-state index in [9.17, 15) is 5.11 Å². The molecule has 2 aliphatic rings. The zero-order valence-electron chi connectivity index (χ0n) is 9.45. The first-order valence-electron chi connectivity index (χ1n) is 6.29. The average Bonchev–Trinajstić information content (AvgIpc) is 2.80. The highest BCUT2D eigenvalue weighted by atomic mass is 32.2. The molecule has 2 rings (SSSR count). The van der Waals surface area contributed by atoms with Gasteiger partial charge in [0.15, 0.2) is 0 Å². The molecule has 86 valence electrons. The van der Waals surface area contributed by atoms with E-state index < -0.39 is 0 Å². The minimum Gasteiger partial charge on any atom is -0.392 e. The van der Waals surface area contributed by atoms with Crippen LogP contribution in [0.5, 0.6) is 0 Å². The summed E-state index contributed by atoms with van der Waals surface area (Å²) >= 11 is 2.06. The van der Waals surface area contributed by atoms with E-state index in [0.717, 1.165) is 5.92 Å². The van der Waals surface area contributed by atoms with Crippen LogP contribution in [-0.4, -0.2) is 23.2 Å². The third-order valence-electron chi connectivity index (χ3n) is 3.73. The first-order valence-corrected chi connectivity index (χ1v) is 7.45. The summed E-state index contributed by atoms with van der Waals surface area (Å²) in [5.74, 6) is 4.04. The molecule has 1 nitrogen and oxygen atoms in total. The lowest BCUT2D eigenvalue weighted by Gasteiger charge is -2.24. The number of thioether (sulfide) groups is 1. The normalized spacial score (nSPS) is 29.7. The Balaban J connectivity index is 1.94. The summed E-state index contributed by atoms with van der Waals surface area (Å²) in [5.41, 5.74) is 1.35. The van der Waals surface area contributed by atoms with Crippen LogP contribution in [0.1, 0.15) is 38.5 Å². The van der Waals surface area contributed by atoms with Crippen LogP contribution in [0.25, 0.3) is 0 Å². The molecule has 1 heterocycles. The van der Waals surface area contributed by atoms with E-state index in [0.29, 0.717) is 12.5 Å². The van der Waals surface area contributed by atoms with Crippen LogP contribution >= 0.6 is 11.8 Å². The van der Waals surface area contributed by atoms with E-state index in [1.165, 1.54) is 55.6 Å². The van der Waals surface area contributed by atoms with Crippen LogP contribution in [0.2, 0.25) is 0 Å². The van der Waals surface area contributed by atoms with Crippen molar-refractivity contribution in [3.63, 3.8) is 0 Å². The zero-order valence-corrected chi connectivity index (χ0v) is 10.3. The maximum absolute atomic E-state index is 9.46. The van der Waals surface area contributed by atoms with Crippen LogP contribution < -0.4 is 0 Å². The third-order valence-corrected chi connectivity index (χ3v) is 4.92. The van der Waals surface area contributed by atoms with Gasteiger partial charge in [-0.1, -0.05) is 25.3 Å². The topological polar surface area (TPSA) is 20.2 Å². The second kappa shape index (κ2) is 5.95. The van der Waals surface area contributed by atoms with Gasteiger partial charge in [0.1, 0.15) is 0 Å². The molecule has 1 saturated heterocycles. The van der Waals surface area contributed by atoms with Gasteiger partial charge < -0.3 is 5.11 Å². The molecule has 1 aliphatic heterocycles. The van der Waals surface area contributed by atoms with Gasteiger partial charge in [-0.3, -0.25) is 0 Å². The molecule has 0 spiro atoms. The van der Waals surface area contributed by atoms with Gasteiger partial charge in [0.25, 0.3) is 0 Å². The standard InChI is InChI=1S/C13H22OS/c14-9-13(8-11-6-7-15-10-11)12-4-2-1-3-5-12/h8,11-12,14H,1-7,9-10H2. The quantitative estimate of drug-likeness (QED) is 0.746. The lowest BCUT2D eigenvalue weighted by Crippen LogP contribution is -2.13. The summed E-state index contributed by atoms with van der Waals surface area (Å²) in [7, 11) is 0. The van der Waals surface area contributed by atoms with Crippen molar-refractivity contribution in [1.82, 2.24) is 0 Å². The molecule has 0 amide bonds. The minimum atomic E-state index is 0.297. The van der Waals surface area contributed by atoms with Gasteiger partial charge in [0.2, 0.25) is 0 Å². The molecule has 2 fully saturated rings. The van der Waals surface area contributed by atoms with Crippen molar-refractivity contribution in [2.24, 2.45) is 11.8 Å². The Kier molecular flexibility index (Phi) is 4.58. The molecule has 1 N–H and O–H groups in total. The molecular weight excluding hydrogens is 204 g/mol. The van der Waals surface area contributed by atoms with E-state index in [1.54, 1.807) is 0 Å². The highest BCUT2D eigenvalue weighted by Crippen LogP contribution is 2.32. The number of aliphatic hydroxyl groups is 1. The fraction of sp³-hybridized carbons (Fsp3) is 0.846. The molecule has 2 heteroatoms. The first kappa shape index (κ1) is 11.5. The van der Waals surface area contributed by atoms with Crippen molar-refractivity contribution < 1.29 is 5.11 Å². The van der Waals surface area contributed by atoms with Crippen LogP contribution in [0, 0.1) is 11.8 Å². The smallest absolute Gasteiger partial charge is 0.0644 e. The summed E-state index contributed by atoms with van der Waals surface area (Å²) in [4.78, 5) is 0. The monoisotopic (exact) mass is 226 g/mol. The summed E-state index contributed by atoms with van der Waals surface area (Å²) in [5, 5.41) is 9.46. The van der Waals surface area contributed by atoms with E-state index in [1.807, 2.05) is 0 Å². The molecule has 0 aromatic carbocycles. The minimum absolute atomic E-state index is 0.297. The van der Waals surface area contributed by atoms with Crippen molar-refractivity contribution >= 4 is 11.8 Å². The molecule has 1 unspecified atom stereocenters. The molecule has 1 saturated carbocycles. The number of allylic oxidation sites excluding steroid dienone is 1. The maximum atomic E-state index is 9.46. The van der Waals surface area contributed by atoms with E-state index in [4.69, 9.17) is 0 Å². The Morgan fingerprint density at radius 3 is 2.60 bits per heavy atom. The fourth-order valence-electron chi connectivity index (χ4n) is 2.78. The summed E-state index contributed by atoms with van der Waals surface area (Å²) < 4.78 is 0. The number of rotatable bonds is 3. The van der Waals surface area contributed by atoms with Crippen LogP contribution in [0.3, 0.4) is 0 Å². The highest BCUT2D eigenvalue weighted by Gasteiger charge is 2.20. The Hall–Kier alpha value is 0.0500. The van der Waals surface area contributed by atoms with Crippen LogP contribution in [-0.2, 0) is 0 Å². The lowest BCUT2D eigenvalue weighted by atomic mass is 9.82. The fourth-order valence-corrected chi connectivity index (χ4v) is 3.98. The van der Waals surface area contributed by atoms with Crippen molar-refractivity contribution in [2.45, 2.75) is 38.5 Å². The van der Waals surface area contributed by atoms with E-state index >= 15 is 0 Å². The molecular formula is C13H22OS. The SMILES string of the molecule is OCC(=CC1CCSC1)C1CCCCC1. The molecule has 15 heavy (non-hydrogen) atoms. The van der Waals surface area contributed by atoms with Crippen LogP contribution in [0.15, 0.2) is 11.6 Å². The number of hydrogen-bond acceptors (Lipinski definition) is 2. The Bertz CT molecular complexity index is 213. The Labute approximate surface area is 97.3 Å². The summed E-state index contributed by atoms with van der Waals surface area (Å²) in [6, 6.07) is 0. The van der Waals surface area contributed by atoms with Crippen molar-refractivity contribution in [2.75, 3.05) is 18.1 Å². The zero-order chi connectivity index (χ0) is 10.5. The van der Waals surface area contributed by atoms with Gasteiger partial charge in [-0.25, -0.2) is 0 Å². The van der Waals surface area contributed by atoms with Gasteiger partial charge in [0.05, 0.1) is 6.61 Å². The van der Waals surface area contributed by atoms with Gasteiger partial charge in [0, 0.05) is 0 Å². The number of aliphatic hydroxyl groups excluding tert-OH is 1.